The number of amides is 1. The first-order valence-electron chi connectivity index (χ1n) is 6.40. The molecule has 1 aromatic carbocycles. The third kappa shape index (κ3) is 3.81. The Balaban J connectivity index is 1.82. The van der Waals surface area contributed by atoms with Gasteiger partial charge in [-0.15, -0.1) is 0 Å². The van der Waals surface area contributed by atoms with Crippen LogP contribution in [0, 0.1) is 5.82 Å². The van der Waals surface area contributed by atoms with E-state index in [0.717, 1.165) is 19.4 Å². The minimum absolute atomic E-state index is 0.0399. The Labute approximate surface area is 107 Å². The van der Waals surface area contributed by atoms with Crippen LogP contribution in [0.1, 0.15) is 25.3 Å². The van der Waals surface area contributed by atoms with E-state index < -0.39 is 0 Å². The fourth-order valence-corrected chi connectivity index (χ4v) is 2.23. The second-order valence-corrected chi connectivity index (χ2v) is 4.96. The molecule has 1 aromatic rings. The lowest BCUT2D eigenvalue weighted by Gasteiger charge is -2.28. The molecule has 2 unspecified atom stereocenters. The largest absolute Gasteiger partial charge is 0.352 e. The van der Waals surface area contributed by atoms with Gasteiger partial charge in [0.05, 0.1) is 6.42 Å². The van der Waals surface area contributed by atoms with Crippen molar-refractivity contribution in [3.05, 3.63) is 35.6 Å². The topological polar surface area (TPSA) is 41.1 Å². The van der Waals surface area contributed by atoms with Gasteiger partial charge in [0, 0.05) is 18.6 Å². The van der Waals surface area contributed by atoms with E-state index in [9.17, 15) is 9.18 Å². The average molecular weight is 250 g/mol. The fourth-order valence-electron chi connectivity index (χ4n) is 2.23. The van der Waals surface area contributed by atoms with E-state index in [1.54, 1.807) is 12.1 Å². The summed E-state index contributed by atoms with van der Waals surface area (Å²) in [4.78, 5) is 11.8. The summed E-state index contributed by atoms with van der Waals surface area (Å²) in [5.74, 6) is -0.338. The molecule has 0 saturated carbocycles. The summed E-state index contributed by atoms with van der Waals surface area (Å²) < 4.78 is 13.0. The van der Waals surface area contributed by atoms with Gasteiger partial charge in [-0.3, -0.25) is 4.79 Å². The van der Waals surface area contributed by atoms with E-state index in [4.69, 9.17) is 0 Å². The third-order valence-corrected chi connectivity index (χ3v) is 3.28. The molecule has 2 atom stereocenters. The van der Waals surface area contributed by atoms with Gasteiger partial charge in [0.15, 0.2) is 0 Å². The highest BCUT2D eigenvalue weighted by Crippen LogP contribution is 2.08. The Morgan fingerprint density at radius 2 is 2.33 bits per heavy atom. The van der Waals surface area contributed by atoms with Gasteiger partial charge in [-0.1, -0.05) is 12.1 Å². The van der Waals surface area contributed by atoms with Gasteiger partial charge in [0.1, 0.15) is 5.82 Å². The van der Waals surface area contributed by atoms with E-state index >= 15 is 0 Å². The minimum Gasteiger partial charge on any atom is -0.352 e. The van der Waals surface area contributed by atoms with Crippen molar-refractivity contribution in [1.82, 2.24) is 10.6 Å². The molecule has 2 N–H and O–H groups in total. The van der Waals surface area contributed by atoms with E-state index in [2.05, 4.69) is 17.6 Å². The molecule has 98 valence electrons. The molecule has 1 amide bonds. The normalized spacial score (nSPS) is 23.7. The van der Waals surface area contributed by atoms with Gasteiger partial charge in [-0.2, -0.15) is 0 Å². The molecule has 0 aliphatic carbocycles. The summed E-state index contributed by atoms with van der Waals surface area (Å²) >= 11 is 0. The number of rotatable bonds is 3. The molecule has 1 saturated heterocycles. The van der Waals surface area contributed by atoms with Crippen molar-refractivity contribution >= 4 is 5.91 Å². The molecule has 3 nitrogen and oxygen atoms in total. The quantitative estimate of drug-likeness (QED) is 0.856. The summed E-state index contributed by atoms with van der Waals surface area (Å²) in [5.41, 5.74) is 0.713. The number of carbonyl (C=O) groups excluding carboxylic acids is 1. The SMILES string of the molecule is CC1CCC(NC(=O)Cc2cccc(F)c2)CN1. The molecule has 0 aromatic heterocycles. The number of carbonyl (C=O) groups is 1. The van der Waals surface area contributed by atoms with Gasteiger partial charge < -0.3 is 10.6 Å². The van der Waals surface area contributed by atoms with E-state index in [0.29, 0.717) is 11.6 Å². The zero-order chi connectivity index (χ0) is 13.0. The molecular formula is C14H19FN2O. The molecule has 0 radical (unpaired) electrons. The molecule has 0 bridgehead atoms. The molecule has 1 aliphatic rings. The van der Waals surface area contributed by atoms with Crippen LogP contribution in [0.5, 0.6) is 0 Å². The van der Waals surface area contributed by atoms with Crippen LogP contribution in [0.25, 0.3) is 0 Å². The summed E-state index contributed by atoms with van der Waals surface area (Å²) in [6, 6.07) is 6.91. The van der Waals surface area contributed by atoms with Crippen molar-refractivity contribution in [3.8, 4) is 0 Å². The molecule has 0 spiro atoms. The first kappa shape index (κ1) is 13.0. The second kappa shape index (κ2) is 5.96. The highest BCUT2D eigenvalue weighted by Gasteiger charge is 2.18. The van der Waals surface area contributed by atoms with Gasteiger partial charge >= 0.3 is 0 Å². The summed E-state index contributed by atoms with van der Waals surface area (Å²) in [7, 11) is 0. The van der Waals surface area contributed by atoms with Crippen LogP contribution in [-0.2, 0) is 11.2 Å². The lowest BCUT2D eigenvalue weighted by molar-refractivity contribution is -0.121. The molecule has 1 aliphatic heterocycles. The first-order chi connectivity index (χ1) is 8.63. The maximum atomic E-state index is 13.0. The van der Waals surface area contributed by atoms with Crippen LogP contribution < -0.4 is 10.6 Å². The van der Waals surface area contributed by atoms with Crippen molar-refractivity contribution in [2.45, 2.75) is 38.3 Å². The third-order valence-electron chi connectivity index (χ3n) is 3.28. The number of benzene rings is 1. The van der Waals surface area contributed by atoms with Crippen molar-refractivity contribution in [3.63, 3.8) is 0 Å². The lowest BCUT2D eigenvalue weighted by Crippen LogP contribution is -2.49. The van der Waals surface area contributed by atoms with Crippen LogP contribution in [0.3, 0.4) is 0 Å². The second-order valence-electron chi connectivity index (χ2n) is 4.96. The predicted octanol–water partition coefficient (Wildman–Crippen LogP) is 1.62. The molecular weight excluding hydrogens is 231 g/mol. The highest BCUT2D eigenvalue weighted by molar-refractivity contribution is 5.78. The van der Waals surface area contributed by atoms with Crippen LogP contribution in [-0.4, -0.2) is 24.5 Å². The van der Waals surface area contributed by atoms with Gasteiger partial charge in [-0.25, -0.2) is 4.39 Å². The first-order valence-corrected chi connectivity index (χ1v) is 6.40. The van der Waals surface area contributed by atoms with Gasteiger partial charge in [-0.05, 0) is 37.5 Å². The van der Waals surface area contributed by atoms with E-state index in [-0.39, 0.29) is 24.2 Å². The summed E-state index contributed by atoms with van der Waals surface area (Å²) in [6.07, 6.45) is 2.32. The Bertz CT molecular complexity index is 414. The Morgan fingerprint density at radius 1 is 1.50 bits per heavy atom. The standard InChI is InChI=1S/C14H19FN2O/c1-10-5-6-13(9-16-10)17-14(18)8-11-3-2-4-12(15)7-11/h2-4,7,10,13,16H,5-6,8-9H2,1H3,(H,17,18). The maximum Gasteiger partial charge on any atom is 0.224 e. The summed E-state index contributed by atoms with van der Waals surface area (Å²) in [6.45, 7) is 2.96. The molecule has 18 heavy (non-hydrogen) atoms. The average Bonchev–Trinajstić information content (AvgIpc) is 2.32. The van der Waals surface area contributed by atoms with Crippen LogP contribution >= 0.6 is 0 Å². The van der Waals surface area contributed by atoms with Crippen molar-refractivity contribution in [1.29, 1.82) is 0 Å². The van der Waals surface area contributed by atoms with Gasteiger partial charge in [0.2, 0.25) is 5.91 Å². The van der Waals surface area contributed by atoms with E-state index in [1.165, 1.54) is 12.1 Å². The Morgan fingerprint density at radius 3 is 3.00 bits per heavy atom. The zero-order valence-corrected chi connectivity index (χ0v) is 10.6. The minimum atomic E-state index is -0.298. The van der Waals surface area contributed by atoms with Crippen LogP contribution in [0.4, 0.5) is 4.39 Å². The number of hydrogen-bond donors (Lipinski definition) is 2. The van der Waals surface area contributed by atoms with Crippen LogP contribution in [0.15, 0.2) is 24.3 Å². The number of piperidine rings is 1. The van der Waals surface area contributed by atoms with Crippen molar-refractivity contribution in [2.75, 3.05) is 6.54 Å². The van der Waals surface area contributed by atoms with Crippen molar-refractivity contribution in [2.24, 2.45) is 0 Å². The Hall–Kier alpha value is -1.42. The van der Waals surface area contributed by atoms with Crippen molar-refractivity contribution < 1.29 is 9.18 Å². The monoisotopic (exact) mass is 250 g/mol. The van der Waals surface area contributed by atoms with Crippen LogP contribution in [0.2, 0.25) is 0 Å². The fraction of sp³-hybridized carbons (Fsp3) is 0.500. The lowest BCUT2D eigenvalue weighted by atomic mass is 10.0. The smallest absolute Gasteiger partial charge is 0.224 e. The number of halogens is 1. The van der Waals surface area contributed by atoms with Gasteiger partial charge in [0.25, 0.3) is 0 Å². The summed E-state index contributed by atoms with van der Waals surface area (Å²) in [5, 5.41) is 6.32. The zero-order valence-electron chi connectivity index (χ0n) is 10.6. The predicted molar refractivity (Wildman–Crippen MR) is 68.7 cm³/mol. The number of nitrogens with one attached hydrogen (secondary N) is 2. The molecule has 1 fully saturated rings. The molecule has 1 heterocycles. The maximum absolute atomic E-state index is 13.0. The Kier molecular flexibility index (Phi) is 4.31. The molecule has 2 rings (SSSR count). The highest BCUT2D eigenvalue weighted by atomic mass is 19.1. The number of hydrogen-bond acceptors (Lipinski definition) is 2. The molecule has 4 heteroatoms. The van der Waals surface area contributed by atoms with E-state index in [1.807, 2.05) is 0 Å².